The Balaban J connectivity index is 2.59. The molecule has 14 heavy (non-hydrogen) atoms. The summed E-state index contributed by atoms with van der Waals surface area (Å²) in [6.07, 6.45) is -1.17. The van der Waals surface area contributed by atoms with Gasteiger partial charge in [0.05, 0.1) is 10.2 Å². The fourth-order valence-corrected chi connectivity index (χ4v) is 1.60. The Kier molecular flexibility index (Phi) is 2.16. The highest BCUT2D eigenvalue weighted by molar-refractivity contribution is 9.10. The molecule has 0 aromatic heterocycles. The van der Waals surface area contributed by atoms with Gasteiger partial charge in [-0.15, -0.1) is 0 Å². The first kappa shape index (κ1) is 9.42. The van der Waals surface area contributed by atoms with Gasteiger partial charge in [-0.1, -0.05) is 6.07 Å². The molecule has 0 bridgehead atoms. The summed E-state index contributed by atoms with van der Waals surface area (Å²) in [7, 11) is 0. The van der Waals surface area contributed by atoms with E-state index in [4.69, 9.17) is 0 Å². The van der Waals surface area contributed by atoms with Gasteiger partial charge >= 0.3 is 6.03 Å². The average Bonchev–Trinajstić information content (AvgIpc) is 2.12. The fourth-order valence-electron chi connectivity index (χ4n) is 1.27. The predicted molar refractivity (Wildman–Crippen MR) is 51.2 cm³/mol. The first-order valence-corrected chi connectivity index (χ1v) is 4.62. The third-order valence-corrected chi connectivity index (χ3v) is 2.54. The molecule has 1 aliphatic rings. The summed E-state index contributed by atoms with van der Waals surface area (Å²) in [5.41, 5.74) is 0.320. The van der Waals surface area contributed by atoms with Crippen LogP contribution >= 0.6 is 15.9 Å². The molecule has 2 rings (SSSR count). The molecule has 2 amide bonds. The first-order chi connectivity index (χ1) is 6.59. The van der Waals surface area contributed by atoms with Gasteiger partial charge in [-0.25, -0.2) is 9.18 Å². The molecular formula is C8H6BrFN2O2. The van der Waals surface area contributed by atoms with Gasteiger partial charge in [0.15, 0.2) is 12.0 Å². The Bertz CT molecular complexity index is 411. The summed E-state index contributed by atoms with van der Waals surface area (Å²) in [5.74, 6) is -0.587. The van der Waals surface area contributed by atoms with Crippen molar-refractivity contribution in [3.8, 4) is 0 Å². The van der Waals surface area contributed by atoms with Gasteiger partial charge in [-0.3, -0.25) is 0 Å². The Hall–Kier alpha value is -1.14. The summed E-state index contributed by atoms with van der Waals surface area (Å²) >= 11 is 2.99. The number of urea groups is 1. The summed E-state index contributed by atoms with van der Waals surface area (Å²) < 4.78 is 13.7. The molecule has 1 heterocycles. The van der Waals surface area contributed by atoms with Crippen LogP contribution in [0.5, 0.6) is 0 Å². The third-order valence-electron chi connectivity index (χ3n) is 1.93. The van der Waals surface area contributed by atoms with E-state index in [1.165, 1.54) is 12.1 Å². The van der Waals surface area contributed by atoms with E-state index < -0.39 is 18.1 Å². The maximum atomic E-state index is 13.4. The minimum absolute atomic E-state index is 0.00984. The number of carbonyl (C=O) groups is 1. The van der Waals surface area contributed by atoms with E-state index >= 15 is 0 Å². The fraction of sp³-hybridized carbons (Fsp3) is 0.125. The van der Waals surface area contributed by atoms with Crippen LogP contribution in [0, 0.1) is 5.82 Å². The molecule has 0 radical (unpaired) electrons. The number of halogens is 2. The minimum Gasteiger partial charge on any atom is -0.369 e. The molecule has 0 saturated heterocycles. The van der Waals surface area contributed by atoms with Crippen LogP contribution < -0.4 is 10.6 Å². The number of amides is 2. The Morgan fingerprint density at radius 3 is 2.93 bits per heavy atom. The van der Waals surface area contributed by atoms with Crippen LogP contribution in [-0.2, 0) is 0 Å². The molecule has 0 saturated carbocycles. The van der Waals surface area contributed by atoms with Crippen molar-refractivity contribution < 1.29 is 14.3 Å². The SMILES string of the molecule is O=C1Nc2c(ccc(Br)c2F)C(O)N1. The lowest BCUT2D eigenvalue weighted by molar-refractivity contribution is 0.143. The quantitative estimate of drug-likeness (QED) is 0.665. The molecule has 1 atom stereocenters. The maximum Gasteiger partial charge on any atom is 0.321 e. The molecule has 4 nitrogen and oxygen atoms in total. The van der Waals surface area contributed by atoms with Crippen LogP contribution in [0.1, 0.15) is 11.8 Å². The minimum atomic E-state index is -1.17. The highest BCUT2D eigenvalue weighted by Gasteiger charge is 2.25. The zero-order chi connectivity index (χ0) is 10.3. The van der Waals surface area contributed by atoms with Crippen molar-refractivity contribution in [3.63, 3.8) is 0 Å². The third kappa shape index (κ3) is 1.36. The molecule has 0 spiro atoms. The summed E-state index contributed by atoms with van der Waals surface area (Å²) in [6.45, 7) is 0. The Labute approximate surface area is 87.2 Å². The number of rotatable bonds is 0. The van der Waals surface area contributed by atoms with Crippen LogP contribution in [0.4, 0.5) is 14.9 Å². The van der Waals surface area contributed by atoms with E-state index in [0.29, 0.717) is 5.56 Å². The number of nitrogens with one attached hydrogen (secondary N) is 2. The molecule has 1 aromatic carbocycles. The van der Waals surface area contributed by atoms with E-state index in [0.717, 1.165) is 0 Å². The topological polar surface area (TPSA) is 61.4 Å². The highest BCUT2D eigenvalue weighted by Crippen LogP contribution is 2.32. The van der Waals surface area contributed by atoms with E-state index in [2.05, 4.69) is 26.6 Å². The lowest BCUT2D eigenvalue weighted by Gasteiger charge is -2.23. The van der Waals surface area contributed by atoms with Crippen molar-refractivity contribution in [1.29, 1.82) is 0 Å². The maximum absolute atomic E-state index is 13.4. The molecule has 1 aromatic rings. The van der Waals surface area contributed by atoms with Crippen LogP contribution in [-0.4, -0.2) is 11.1 Å². The summed E-state index contributed by atoms with van der Waals surface area (Å²) in [4.78, 5) is 10.9. The van der Waals surface area contributed by atoms with Gasteiger partial charge in [0, 0.05) is 5.56 Å². The van der Waals surface area contributed by atoms with Crippen molar-refractivity contribution in [3.05, 3.63) is 28.0 Å². The lowest BCUT2D eigenvalue weighted by Crippen LogP contribution is -2.38. The summed E-state index contributed by atoms with van der Waals surface area (Å²) in [5, 5.41) is 13.9. The number of hydrogen-bond donors (Lipinski definition) is 3. The summed E-state index contributed by atoms with van der Waals surface area (Å²) in [6, 6.07) is 2.37. The zero-order valence-corrected chi connectivity index (χ0v) is 8.43. The van der Waals surface area contributed by atoms with Crippen LogP contribution in [0.25, 0.3) is 0 Å². The van der Waals surface area contributed by atoms with Crippen LogP contribution in [0.15, 0.2) is 16.6 Å². The highest BCUT2D eigenvalue weighted by atomic mass is 79.9. The van der Waals surface area contributed by atoms with E-state index in [1.807, 2.05) is 0 Å². The molecule has 6 heteroatoms. The second-order valence-electron chi connectivity index (χ2n) is 2.83. The molecular weight excluding hydrogens is 255 g/mol. The molecule has 3 N–H and O–H groups in total. The van der Waals surface area contributed by atoms with Gasteiger partial charge in [0.1, 0.15) is 0 Å². The van der Waals surface area contributed by atoms with E-state index in [9.17, 15) is 14.3 Å². The van der Waals surface area contributed by atoms with E-state index in [1.54, 1.807) is 0 Å². The lowest BCUT2D eigenvalue weighted by atomic mass is 10.1. The number of hydrogen-bond acceptors (Lipinski definition) is 2. The Morgan fingerprint density at radius 1 is 1.50 bits per heavy atom. The van der Waals surface area contributed by atoms with Gasteiger partial charge in [-0.2, -0.15) is 0 Å². The van der Waals surface area contributed by atoms with Gasteiger partial charge < -0.3 is 15.7 Å². The largest absolute Gasteiger partial charge is 0.369 e. The molecule has 74 valence electrons. The number of benzene rings is 1. The molecule has 1 unspecified atom stereocenters. The molecule has 0 fully saturated rings. The van der Waals surface area contributed by atoms with E-state index in [-0.39, 0.29) is 10.2 Å². The van der Waals surface area contributed by atoms with Gasteiger partial charge in [-0.05, 0) is 22.0 Å². The predicted octanol–water partition coefficient (Wildman–Crippen LogP) is 1.71. The van der Waals surface area contributed by atoms with Crippen molar-refractivity contribution in [2.24, 2.45) is 0 Å². The average molecular weight is 261 g/mol. The van der Waals surface area contributed by atoms with Crippen molar-refractivity contribution in [2.75, 3.05) is 5.32 Å². The van der Waals surface area contributed by atoms with Crippen LogP contribution in [0.3, 0.4) is 0 Å². The number of anilines is 1. The second kappa shape index (κ2) is 3.21. The number of fused-ring (bicyclic) bond motifs is 1. The normalized spacial score (nSPS) is 19.6. The van der Waals surface area contributed by atoms with Crippen molar-refractivity contribution in [2.45, 2.75) is 6.23 Å². The first-order valence-electron chi connectivity index (χ1n) is 3.83. The van der Waals surface area contributed by atoms with Gasteiger partial charge in [0.25, 0.3) is 0 Å². The monoisotopic (exact) mass is 260 g/mol. The Morgan fingerprint density at radius 2 is 2.21 bits per heavy atom. The standard InChI is InChI=1S/C8H6BrFN2O2/c9-4-2-1-3-6(5(4)10)11-8(14)12-7(3)13/h1-2,7,13H,(H2,11,12,14). The number of aliphatic hydroxyl groups excluding tert-OH is 1. The van der Waals surface area contributed by atoms with Crippen molar-refractivity contribution in [1.82, 2.24) is 5.32 Å². The number of carbonyl (C=O) groups excluding carboxylic acids is 1. The molecule has 0 aliphatic carbocycles. The molecule has 1 aliphatic heterocycles. The smallest absolute Gasteiger partial charge is 0.321 e. The number of aliphatic hydroxyl groups is 1. The second-order valence-corrected chi connectivity index (χ2v) is 3.68. The van der Waals surface area contributed by atoms with Gasteiger partial charge in [0.2, 0.25) is 0 Å². The van der Waals surface area contributed by atoms with Crippen LogP contribution in [0.2, 0.25) is 0 Å². The zero-order valence-electron chi connectivity index (χ0n) is 6.84. The van der Waals surface area contributed by atoms with Crippen molar-refractivity contribution >= 4 is 27.6 Å².